The van der Waals surface area contributed by atoms with E-state index in [1.807, 2.05) is 18.2 Å². The first-order valence-corrected chi connectivity index (χ1v) is 7.46. The summed E-state index contributed by atoms with van der Waals surface area (Å²) in [6, 6.07) is 16.2. The van der Waals surface area contributed by atoms with Gasteiger partial charge in [-0.25, -0.2) is 4.98 Å². The van der Waals surface area contributed by atoms with E-state index in [0.717, 1.165) is 11.3 Å². The van der Waals surface area contributed by atoms with Crippen LogP contribution in [0.2, 0.25) is 0 Å². The number of benzene rings is 2. The van der Waals surface area contributed by atoms with Crippen molar-refractivity contribution in [2.24, 2.45) is 5.73 Å². The van der Waals surface area contributed by atoms with E-state index in [9.17, 15) is 0 Å². The van der Waals surface area contributed by atoms with Crippen molar-refractivity contribution in [3.8, 4) is 11.3 Å². The molecule has 1 heterocycles. The third kappa shape index (κ3) is 3.10. The van der Waals surface area contributed by atoms with Gasteiger partial charge in [-0.05, 0) is 37.5 Å². The van der Waals surface area contributed by atoms with Gasteiger partial charge < -0.3 is 10.2 Å². The molecule has 0 radical (unpaired) electrons. The zero-order valence-electron chi connectivity index (χ0n) is 12.9. The molecule has 0 aliphatic rings. The highest BCUT2D eigenvalue weighted by molar-refractivity contribution is 5.62. The lowest BCUT2D eigenvalue weighted by Crippen LogP contribution is -2.13. The minimum atomic E-state index is -0.235. The Morgan fingerprint density at radius 3 is 2.64 bits per heavy atom. The van der Waals surface area contributed by atoms with Gasteiger partial charge in [0.2, 0.25) is 5.89 Å². The van der Waals surface area contributed by atoms with Crippen molar-refractivity contribution in [2.45, 2.75) is 26.3 Å². The van der Waals surface area contributed by atoms with E-state index in [2.05, 4.69) is 49.2 Å². The van der Waals surface area contributed by atoms with Gasteiger partial charge in [-0.2, -0.15) is 0 Å². The third-order valence-electron chi connectivity index (χ3n) is 3.80. The first kappa shape index (κ1) is 14.5. The Balaban J connectivity index is 1.83. The number of nitrogens with two attached hydrogens (primary N) is 1. The Hall–Kier alpha value is -2.39. The van der Waals surface area contributed by atoms with Crippen LogP contribution in [0.3, 0.4) is 0 Å². The molecule has 0 spiro atoms. The molecule has 3 nitrogen and oxygen atoms in total. The molecule has 1 atom stereocenters. The SMILES string of the molecule is Cc1ccc(C)c(-c2cnc(C(N)Cc3ccccc3)o2)c1. The fraction of sp³-hybridized carbons (Fsp3) is 0.211. The van der Waals surface area contributed by atoms with Crippen LogP contribution in [0.5, 0.6) is 0 Å². The van der Waals surface area contributed by atoms with E-state index in [1.54, 1.807) is 6.20 Å². The lowest BCUT2D eigenvalue weighted by atomic mass is 10.0. The molecular weight excluding hydrogens is 272 g/mol. The van der Waals surface area contributed by atoms with Crippen LogP contribution in [-0.4, -0.2) is 4.98 Å². The largest absolute Gasteiger partial charge is 0.439 e. The zero-order chi connectivity index (χ0) is 15.5. The number of aromatic nitrogens is 1. The monoisotopic (exact) mass is 292 g/mol. The summed E-state index contributed by atoms with van der Waals surface area (Å²) >= 11 is 0. The van der Waals surface area contributed by atoms with Crippen molar-refractivity contribution in [3.63, 3.8) is 0 Å². The number of rotatable bonds is 4. The molecule has 0 saturated heterocycles. The summed E-state index contributed by atoms with van der Waals surface area (Å²) < 4.78 is 5.90. The van der Waals surface area contributed by atoms with Gasteiger partial charge in [0.1, 0.15) is 0 Å². The molecule has 3 heteroatoms. The first-order valence-electron chi connectivity index (χ1n) is 7.46. The highest BCUT2D eigenvalue weighted by atomic mass is 16.4. The maximum Gasteiger partial charge on any atom is 0.212 e. The van der Waals surface area contributed by atoms with Crippen LogP contribution in [0, 0.1) is 13.8 Å². The topological polar surface area (TPSA) is 52.0 Å². The molecule has 0 aliphatic carbocycles. The Bertz CT molecular complexity index is 762. The molecule has 0 aliphatic heterocycles. The van der Waals surface area contributed by atoms with Crippen molar-refractivity contribution in [1.82, 2.24) is 4.98 Å². The molecule has 112 valence electrons. The summed E-state index contributed by atoms with van der Waals surface area (Å²) in [5.41, 5.74) is 10.9. The smallest absolute Gasteiger partial charge is 0.212 e. The van der Waals surface area contributed by atoms with Gasteiger partial charge in [-0.3, -0.25) is 0 Å². The second-order valence-corrected chi connectivity index (χ2v) is 5.68. The minimum absolute atomic E-state index is 0.235. The Kier molecular flexibility index (Phi) is 4.07. The minimum Gasteiger partial charge on any atom is -0.439 e. The molecule has 0 bridgehead atoms. The molecule has 0 saturated carbocycles. The lowest BCUT2D eigenvalue weighted by molar-refractivity contribution is 0.457. The summed E-state index contributed by atoms with van der Waals surface area (Å²) in [4.78, 5) is 4.37. The van der Waals surface area contributed by atoms with Gasteiger partial charge in [-0.1, -0.05) is 48.0 Å². The highest BCUT2D eigenvalue weighted by Gasteiger charge is 2.15. The van der Waals surface area contributed by atoms with Gasteiger partial charge in [0.15, 0.2) is 5.76 Å². The van der Waals surface area contributed by atoms with Gasteiger partial charge in [0.25, 0.3) is 0 Å². The van der Waals surface area contributed by atoms with Crippen molar-refractivity contribution in [1.29, 1.82) is 0 Å². The molecular formula is C19H20N2O. The normalized spacial score (nSPS) is 12.3. The lowest BCUT2D eigenvalue weighted by Gasteiger charge is -2.08. The summed E-state index contributed by atoms with van der Waals surface area (Å²) in [7, 11) is 0. The van der Waals surface area contributed by atoms with Gasteiger partial charge in [0.05, 0.1) is 12.2 Å². The highest BCUT2D eigenvalue weighted by Crippen LogP contribution is 2.27. The average molecular weight is 292 g/mol. The fourth-order valence-corrected chi connectivity index (χ4v) is 2.54. The van der Waals surface area contributed by atoms with Crippen molar-refractivity contribution in [3.05, 3.63) is 77.3 Å². The van der Waals surface area contributed by atoms with Crippen molar-refractivity contribution < 1.29 is 4.42 Å². The zero-order valence-corrected chi connectivity index (χ0v) is 12.9. The molecule has 3 aromatic rings. The fourth-order valence-electron chi connectivity index (χ4n) is 2.54. The molecule has 2 N–H and O–H groups in total. The molecule has 0 fully saturated rings. The Morgan fingerprint density at radius 2 is 1.86 bits per heavy atom. The van der Waals surface area contributed by atoms with Crippen LogP contribution in [0.25, 0.3) is 11.3 Å². The number of oxazole rings is 1. The molecule has 2 aromatic carbocycles. The average Bonchev–Trinajstić information content (AvgIpc) is 3.00. The van der Waals surface area contributed by atoms with E-state index in [1.165, 1.54) is 16.7 Å². The van der Waals surface area contributed by atoms with Crippen molar-refractivity contribution >= 4 is 0 Å². The van der Waals surface area contributed by atoms with E-state index in [4.69, 9.17) is 10.2 Å². The van der Waals surface area contributed by atoms with Crippen LogP contribution in [-0.2, 0) is 6.42 Å². The third-order valence-corrected chi connectivity index (χ3v) is 3.80. The molecule has 1 unspecified atom stereocenters. The summed E-state index contributed by atoms with van der Waals surface area (Å²) in [6.07, 6.45) is 2.48. The standard InChI is InChI=1S/C19H20N2O/c1-13-8-9-14(2)16(10-13)18-12-21-19(22-18)17(20)11-15-6-4-3-5-7-15/h3-10,12,17H,11,20H2,1-2H3. The van der Waals surface area contributed by atoms with E-state index < -0.39 is 0 Å². The maximum atomic E-state index is 6.23. The quantitative estimate of drug-likeness (QED) is 0.784. The molecule has 22 heavy (non-hydrogen) atoms. The second-order valence-electron chi connectivity index (χ2n) is 5.68. The predicted octanol–water partition coefficient (Wildman–Crippen LogP) is 4.20. The van der Waals surface area contributed by atoms with E-state index in [-0.39, 0.29) is 6.04 Å². The van der Waals surface area contributed by atoms with E-state index in [0.29, 0.717) is 12.3 Å². The molecule has 1 aromatic heterocycles. The van der Waals surface area contributed by atoms with Crippen LogP contribution in [0.15, 0.2) is 59.1 Å². The van der Waals surface area contributed by atoms with Gasteiger partial charge in [0, 0.05) is 5.56 Å². The Labute approximate surface area is 130 Å². The number of nitrogens with zero attached hydrogens (tertiary/aromatic N) is 1. The van der Waals surface area contributed by atoms with Gasteiger partial charge >= 0.3 is 0 Å². The van der Waals surface area contributed by atoms with Crippen molar-refractivity contribution in [2.75, 3.05) is 0 Å². The summed E-state index contributed by atoms with van der Waals surface area (Å²) in [6.45, 7) is 4.14. The predicted molar refractivity (Wildman–Crippen MR) is 88.5 cm³/mol. The first-order chi connectivity index (χ1) is 10.6. The molecule has 0 amide bonds. The van der Waals surface area contributed by atoms with Crippen LogP contribution in [0.4, 0.5) is 0 Å². The van der Waals surface area contributed by atoms with Crippen LogP contribution >= 0.6 is 0 Å². The van der Waals surface area contributed by atoms with E-state index >= 15 is 0 Å². The Morgan fingerprint density at radius 1 is 1.09 bits per heavy atom. The van der Waals surface area contributed by atoms with Crippen LogP contribution < -0.4 is 5.73 Å². The van der Waals surface area contributed by atoms with Gasteiger partial charge in [-0.15, -0.1) is 0 Å². The summed E-state index contributed by atoms with van der Waals surface area (Å²) in [5.74, 6) is 1.36. The second kappa shape index (κ2) is 6.16. The number of aryl methyl sites for hydroxylation is 2. The number of hydrogen-bond donors (Lipinski definition) is 1. The molecule has 3 rings (SSSR count). The maximum absolute atomic E-state index is 6.23. The van der Waals surface area contributed by atoms with Crippen LogP contribution in [0.1, 0.15) is 28.6 Å². The summed E-state index contributed by atoms with van der Waals surface area (Å²) in [5, 5.41) is 0. The number of hydrogen-bond acceptors (Lipinski definition) is 3.